The summed E-state index contributed by atoms with van der Waals surface area (Å²) in [6.45, 7) is 3.33. The van der Waals surface area contributed by atoms with Crippen LogP contribution in [0.15, 0.2) is 66.7 Å². The highest BCUT2D eigenvalue weighted by Gasteiger charge is 2.13. The minimum Gasteiger partial charge on any atom is -0.374 e. The summed E-state index contributed by atoms with van der Waals surface area (Å²) >= 11 is 0. The van der Waals surface area contributed by atoms with Crippen LogP contribution in [0, 0.1) is 0 Å². The van der Waals surface area contributed by atoms with Crippen LogP contribution in [0.1, 0.15) is 24.2 Å². The normalized spacial score (nSPS) is 11.8. The van der Waals surface area contributed by atoms with Gasteiger partial charge in [-0.15, -0.1) is 0 Å². The Morgan fingerprint density at radius 3 is 2.16 bits per heavy atom. The molecule has 0 spiro atoms. The van der Waals surface area contributed by atoms with Crippen LogP contribution in [0.25, 0.3) is 10.8 Å². The van der Waals surface area contributed by atoms with Crippen molar-refractivity contribution in [2.75, 3.05) is 10.6 Å². The highest BCUT2D eigenvalue weighted by atomic mass is 16.2. The highest BCUT2D eigenvalue weighted by Crippen LogP contribution is 2.19. The highest BCUT2D eigenvalue weighted by molar-refractivity contribution is 5.98. The molecule has 0 aromatic heterocycles. The first-order chi connectivity index (χ1) is 12.0. The third-order valence-corrected chi connectivity index (χ3v) is 4.08. The van der Waals surface area contributed by atoms with Gasteiger partial charge in [-0.2, -0.15) is 0 Å². The Balaban J connectivity index is 1.66. The molecule has 0 saturated heterocycles. The number of hydrogen-bond acceptors (Lipinski definition) is 3. The molecule has 3 aromatic carbocycles. The van der Waals surface area contributed by atoms with E-state index in [-0.39, 0.29) is 11.7 Å². The summed E-state index contributed by atoms with van der Waals surface area (Å²) in [6.07, 6.45) is 0. The van der Waals surface area contributed by atoms with Crippen molar-refractivity contribution in [3.8, 4) is 0 Å². The van der Waals surface area contributed by atoms with E-state index in [1.165, 1.54) is 6.92 Å². The van der Waals surface area contributed by atoms with Crippen molar-refractivity contribution in [2.45, 2.75) is 19.9 Å². The number of fused-ring (bicyclic) bond motifs is 1. The summed E-state index contributed by atoms with van der Waals surface area (Å²) in [7, 11) is 0. The number of rotatable bonds is 5. The first-order valence-electron chi connectivity index (χ1n) is 8.20. The molecule has 4 nitrogen and oxygen atoms in total. The van der Waals surface area contributed by atoms with E-state index >= 15 is 0 Å². The van der Waals surface area contributed by atoms with Gasteiger partial charge < -0.3 is 10.6 Å². The zero-order valence-electron chi connectivity index (χ0n) is 14.2. The van der Waals surface area contributed by atoms with Gasteiger partial charge in [0, 0.05) is 16.9 Å². The molecule has 4 heteroatoms. The smallest absolute Gasteiger partial charge is 0.246 e. The van der Waals surface area contributed by atoms with Gasteiger partial charge in [-0.1, -0.05) is 30.3 Å². The molecule has 3 aromatic rings. The zero-order valence-corrected chi connectivity index (χ0v) is 14.2. The van der Waals surface area contributed by atoms with Gasteiger partial charge in [0.1, 0.15) is 6.04 Å². The topological polar surface area (TPSA) is 58.2 Å². The molecule has 1 amide bonds. The number of nitrogens with one attached hydrogen (secondary N) is 2. The molecular formula is C21H20N2O2. The summed E-state index contributed by atoms with van der Waals surface area (Å²) in [6, 6.07) is 20.6. The van der Waals surface area contributed by atoms with Crippen LogP contribution in [-0.2, 0) is 4.79 Å². The minimum absolute atomic E-state index is 0.00390. The summed E-state index contributed by atoms with van der Waals surface area (Å²) in [5.74, 6) is -0.132. The summed E-state index contributed by atoms with van der Waals surface area (Å²) in [5, 5.41) is 8.36. The Morgan fingerprint density at radius 2 is 1.48 bits per heavy atom. The Morgan fingerprint density at radius 1 is 0.840 bits per heavy atom. The van der Waals surface area contributed by atoms with Gasteiger partial charge in [-0.05, 0) is 61.0 Å². The molecule has 3 rings (SSSR count). The maximum Gasteiger partial charge on any atom is 0.246 e. The van der Waals surface area contributed by atoms with E-state index in [4.69, 9.17) is 0 Å². The van der Waals surface area contributed by atoms with Gasteiger partial charge in [-0.25, -0.2) is 0 Å². The maximum atomic E-state index is 12.4. The van der Waals surface area contributed by atoms with Crippen LogP contribution < -0.4 is 10.6 Å². The second-order valence-corrected chi connectivity index (χ2v) is 6.05. The van der Waals surface area contributed by atoms with E-state index < -0.39 is 6.04 Å². The van der Waals surface area contributed by atoms with Crippen LogP contribution in [0.3, 0.4) is 0 Å². The maximum absolute atomic E-state index is 12.4. The van der Waals surface area contributed by atoms with Crippen LogP contribution in [0.2, 0.25) is 0 Å². The standard InChI is InChI=1S/C21H20N2O2/c1-14(21(25)23-19-10-7-16(8-11-19)15(2)24)22-20-12-9-17-5-3-4-6-18(17)13-20/h3-14,22H,1-2H3,(H,23,25)/t14-/m0/s1. The lowest BCUT2D eigenvalue weighted by molar-refractivity contribution is -0.116. The third kappa shape index (κ3) is 4.04. The number of carbonyl (C=O) groups excluding carboxylic acids is 2. The SMILES string of the molecule is CC(=O)c1ccc(NC(=O)[C@H](C)Nc2ccc3ccccc3c2)cc1. The van der Waals surface area contributed by atoms with Crippen LogP contribution >= 0.6 is 0 Å². The molecule has 0 aliphatic heterocycles. The van der Waals surface area contributed by atoms with Crippen LogP contribution in [-0.4, -0.2) is 17.7 Å². The summed E-state index contributed by atoms with van der Waals surface area (Å²) < 4.78 is 0. The zero-order chi connectivity index (χ0) is 17.8. The average molecular weight is 332 g/mol. The van der Waals surface area contributed by atoms with Crippen molar-refractivity contribution in [3.63, 3.8) is 0 Å². The number of amides is 1. The number of anilines is 2. The van der Waals surface area contributed by atoms with Gasteiger partial charge in [-0.3, -0.25) is 9.59 Å². The van der Waals surface area contributed by atoms with E-state index in [0.717, 1.165) is 16.5 Å². The Bertz CT molecular complexity index is 917. The second kappa shape index (κ2) is 7.18. The molecule has 0 radical (unpaired) electrons. The number of carbonyl (C=O) groups is 2. The fourth-order valence-corrected chi connectivity index (χ4v) is 2.63. The fourth-order valence-electron chi connectivity index (χ4n) is 2.63. The molecule has 0 bridgehead atoms. The van der Waals surface area contributed by atoms with Gasteiger partial charge in [0.2, 0.25) is 5.91 Å². The molecule has 0 saturated carbocycles. The molecule has 0 fully saturated rings. The summed E-state index contributed by atoms with van der Waals surface area (Å²) in [5.41, 5.74) is 2.19. The fraction of sp³-hybridized carbons (Fsp3) is 0.143. The predicted molar refractivity (Wildman–Crippen MR) is 102 cm³/mol. The van der Waals surface area contributed by atoms with Gasteiger partial charge in [0.05, 0.1) is 0 Å². The van der Waals surface area contributed by atoms with Crippen molar-refractivity contribution in [2.24, 2.45) is 0 Å². The van der Waals surface area contributed by atoms with E-state index in [9.17, 15) is 9.59 Å². The molecule has 0 aliphatic rings. The first kappa shape index (κ1) is 16.7. The van der Waals surface area contributed by atoms with E-state index in [1.807, 2.05) is 43.3 Å². The summed E-state index contributed by atoms with van der Waals surface area (Å²) in [4.78, 5) is 23.6. The van der Waals surface area contributed by atoms with E-state index in [0.29, 0.717) is 11.3 Å². The molecule has 126 valence electrons. The largest absolute Gasteiger partial charge is 0.374 e. The first-order valence-corrected chi connectivity index (χ1v) is 8.20. The quantitative estimate of drug-likeness (QED) is 0.677. The molecule has 0 heterocycles. The lowest BCUT2D eigenvalue weighted by atomic mass is 10.1. The molecule has 0 unspecified atom stereocenters. The third-order valence-electron chi connectivity index (χ3n) is 4.08. The van der Waals surface area contributed by atoms with E-state index in [2.05, 4.69) is 16.7 Å². The second-order valence-electron chi connectivity index (χ2n) is 6.05. The van der Waals surface area contributed by atoms with Crippen molar-refractivity contribution in [1.29, 1.82) is 0 Å². The predicted octanol–water partition coefficient (Wildman–Crippen LogP) is 4.48. The van der Waals surface area contributed by atoms with Crippen molar-refractivity contribution in [3.05, 3.63) is 72.3 Å². The lowest BCUT2D eigenvalue weighted by Crippen LogP contribution is -2.31. The molecule has 25 heavy (non-hydrogen) atoms. The number of Topliss-reactive ketones (excluding diaryl/α,β-unsaturated/α-hetero) is 1. The van der Waals surface area contributed by atoms with Crippen molar-refractivity contribution >= 4 is 33.8 Å². The molecule has 2 N–H and O–H groups in total. The van der Waals surface area contributed by atoms with Gasteiger partial charge in [0.25, 0.3) is 0 Å². The molecule has 0 aliphatic carbocycles. The van der Waals surface area contributed by atoms with Gasteiger partial charge in [0.15, 0.2) is 5.78 Å². The number of hydrogen-bond donors (Lipinski definition) is 2. The van der Waals surface area contributed by atoms with Crippen molar-refractivity contribution in [1.82, 2.24) is 0 Å². The molecule has 1 atom stereocenters. The Kier molecular flexibility index (Phi) is 4.80. The minimum atomic E-state index is -0.395. The monoisotopic (exact) mass is 332 g/mol. The molecular weight excluding hydrogens is 312 g/mol. The number of ketones is 1. The lowest BCUT2D eigenvalue weighted by Gasteiger charge is -2.16. The van der Waals surface area contributed by atoms with Crippen molar-refractivity contribution < 1.29 is 9.59 Å². The van der Waals surface area contributed by atoms with E-state index in [1.54, 1.807) is 24.3 Å². The number of benzene rings is 3. The average Bonchev–Trinajstić information content (AvgIpc) is 2.62. The van der Waals surface area contributed by atoms with Crippen LogP contribution in [0.5, 0.6) is 0 Å². The van der Waals surface area contributed by atoms with Crippen LogP contribution in [0.4, 0.5) is 11.4 Å². The van der Waals surface area contributed by atoms with Gasteiger partial charge >= 0.3 is 0 Å². The Hall–Kier alpha value is -3.14. The Labute approximate surface area is 146 Å².